The summed E-state index contributed by atoms with van der Waals surface area (Å²) in [5.74, 6) is -5.81. The molecule has 4 N–H and O–H groups in total. The molecule has 59 heavy (non-hydrogen) atoms. The summed E-state index contributed by atoms with van der Waals surface area (Å²) >= 11 is 0. The molecule has 0 bridgehead atoms. The lowest BCUT2D eigenvalue weighted by atomic mass is 10.1. The van der Waals surface area contributed by atoms with Crippen molar-refractivity contribution < 1.29 is 53.3 Å². The molecule has 2 heterocycles. The van der Waals surface area contributed by atoms with Gasteiger partial charge >= 0.3 is 11.9 Å². The zero-order valence-corrected chi connectivity index (χ0v) is 30.2. The lowest BCUT2D eigenvalue weighted by Crippen LogP contribution is -2.29. The van der Waals surface area contributed by atoms with Gasteiger partial charge in [0.25, 0.3) is 35.4 Å². The van der Waals surface area contributed by atoms with Crippen LogP contribution in [0.25, 0.3) is 0 Å². The van der Waals surface area contributed by atoms with Gasteiger partial charge in [-0.15, -0.1) is 0 Å². The molecule has 15 nitrogen and oxygen atoms in total. The van der Waals surface area contributed by atoms with Gasteiger partial charge in [-0.2, -0.15) is 0 Å². The molecule has 288 valence electrons. The van der Waals surface area contributed by atoms with Gasteiger partial charge in [0, 0.05) is 11.1 Å². The fourth-order valence-electron chi connectivity index (χ4n) is 6.64. The Morgan fingerprint density at radius 3 is 1.17 bits per heavy atom. The van der Waals surface area contributed by atoms with E-state index in [-0.39, 0.29) is 78.8 Å². The van der Waals surface area contributed by atoms with E-state index in [2.05, 4.69) is 10.6 Å². The van der Waals surface area contributed by atoms with Crippen LogP contribution in [0.15, 0.2) is 133 Å². The van der Waals surface area contributed by atoms with Gasteiger partial charge in [-0.1, -0.05) is 24.3 Å². The van der Waals surface area contributed by atoms with E-state index in [9.17, 15) is 48.6 Å². The van der Waals surface area contributed by atoms with Gasteiger partial charge in [-0.05, 0) is 109 Å². The highest BCUT2D eigenvalue weighted by Crippen LogP contribution is 2.35. The van der Waals surface area contributed by atoms with Crippen molar-refractivity contribution in [2.24, 2.45) is 0 Å². The van der Waals surface area contributed by atoms with Crippen LogP contribution in [0.2, 0.25) is 0 Å². The summed E-state index contributed by atoms with van der Waals surface area (Å²) in [5.41, 5.74) is 0.997. The summed E-state index contributed by atoms with van der Waals surface area (Å²) in [6.07, 6.45) is 0. The quantitative estimate of drug-likeness (QED) is 0.104. The fourth-order valence-corrected chi connectivity index (χ4v) is 6.64. The Labute approximate surface area is 332 Å². The first-order valence-corrected chi connectivity index (χ1v) is 17.6. The average molecular weight is 787 g/mol. The monoisotopic (exact) mass is 786 g/mol. The average Bonchev–Trinajstić information content (AvgIpc) is 3.63. The van der Waals surface area contributed by atoms with Gasteiger partial charge in [0.2, 0.25) is 0 Å². The zero-order chi connectivity index (χ0) is 41.5. The smallest absolute Gasteiger partial charge is 0.337 e. The van der Waals surface area contributed by atoms with Crippen molar-refractivity contribution in [3.63, 3.8) is 0 Å². The lowest BCUT2D eigenvalue weighted by molar-refractivity contribution is 0.0687. The fraction of sp³-hybridized carbons (Fsp3) is 0. The number of hydrogen-bond acceptors (Lipinski definition) is 9. The number of fused-ring (bicyclic) bond motifs is 2. The molecule has 15 heteroatoms. The summed E-state index contributed by atoms with van der Waals surface area (Å²) in [7, 11) is 0. The zero-order valence-electron chi connectivity index (χ0n) is 30.2. The molecule has 8 rings (SSSR count). The molecular weight excluding hydrogens is 761 g/mol. The molecule has 6 aromatic carbocycles. The molecule has 0 aromatic heterocycles. The number of carboxylic acid groups (broad SMARTS) is 2. The number of benzene rings is 6. The molecule has 6 aromatic rings. The molecule has 0 fully saturated rings. The summed E-state index contributed by atoms with van der Waals surface area (Å²) in [6, 6.07) is 31.6. The Bertz CT molecular complexity index is 2640. The van der Waals surface area contributed by atoms with Crippen LogP contribution >= 0.6 is 0 Å². The Kier molecular flexibility index (Phi) is 9.30. The van der Waals surface area contributed by atoms with Crippen LogP contribution in [0.1, 0.15) is 82.9 Å². The van der Waals surface area contributed by atoms with Crippen LogP contribution in [0, 0.1) is 0 Å². The van der Waals surface area contributed by atoms with Crippen LogP contribution in [-0.2, 0) is 0 Å². The molecule has 6 amide bonds. The van der Waals surface area contributed by atoms with Crippen molar-refractivity contribution >= 4 is 70.1 Å². The molecule has 2 aliphatic heterocycles. The van der Waals surface area contributed by atoms with Gasteiger partial charge in [-0.25, -0.2) is 19.4 Å². The van der Waals surface area contributed by atoms with E-state index < -0.39 is 47.4 Å². The van der Waals surface area contributed by atoms with E-state index in [0.29, 0.717) is 0 Å². The topological polar surface area (TPSA) is 217 Å². The standard InChI is InChI=1S/C44H26N4O11/c49-37(45-35-7-3-1-5-31(35)43(55)56)23-9-13-25(14-10-23)47-39(51)29-19-17-27(21-33(29)41(47)53)59-28-18-20-30-34(22-28)42(54)48(40(30)52)26-15-11-24(12-16-26)38(50)46-36-8-4-2-6-32(36)44(57)58/h1-22H,(H,45,49)(H,46,50)(H,55,56)(H,57,58). The summed E-state index contributed by atoms with van der Waals surface area (Å²) < 4.78 is 5.98. The third-order valence-electron chi connectivity index (χ3n) is 9.54. The second-order valence-corrected chi connectivity index (χ2v) is 13.1. The second kappa shape index (κ2) is 14.7. The van der Waals surface area contributed by atoms with Gasteiger partial charge < -0.3 is 25.6 Å². The van der Waals surface area contributed by atoms with Crippen LogP contribution in [0.5, 0.6) is 11.5 Å². The Morgan fingerprint density at radius 2 is 0.797 bits per heavy atom. The molecule has 0 unspecified atom stereocenters. The predicted molar refractivity (Wildman–Crippen MR) is 211 cm³/mol. The van der Waals surface area contributed by atoms with Crippen molar-refractivity contribution in [1.29, 1.82) is 0 Å². The first-order valence-electron chi connectivity index (χ1n) is 17.6. The number of carbonyl (C=O) groups is 8. The number of aromatic carboxylic acids is 2. The van der Waals surface area contributed by atoms with Crippen molar-refractivity contribution in [3.8, 4) is 11.5 Å². The third kappa shape index (κ3) is 6.80. The maximum atomic E-state index is 13.5. The van der Waals surface area contributed by atoms with Gasteiger partial charge in [-0.3, -0.25) is 28.8 Å². The SMILES string of the molecule is O=C(Nc1ccccc1C(=O)O)c1ccc(N2C(=O)c3ccc(Oc4ccc5c(c4)C(=O)N(c4ccc(C(=O)Nc6ccccc6C(=O)O)cc4)C5=O)cc3C2=O)cc1. The maximum absolute atomic E-state index is 13.5. The number of nitrogens with zero attached hydrogens (tertiary/aromatic N) is 2. The highest BCUT2D eigenvalue weighted by Gasteiger charge is 2.39. The van der Waals surface area contributed by atoms with Crippen molar-refractivity contribution in [2.75, 3.05) is 20.4 Å². The number of para-hydroxylation sites is 2. The molecule has 0 atom stereocenters. The van der Waals surface area contributed by atoms with E-state index >= 15 is 0 Å². The van der Waals surface area contributed by atoms with Gasteiger partial charge in [0.05, 0.1) is 56.1 Å². The second-order valence-electron chi connectivity index (χ2n) is 13.1. The van der Waals surface area contributed by atoms with E-state index in [1.165, 1.54) is 121 Å². The molecule has 0 radical (unpaired) electrons. The minimum Gasteiger partial charge on any atom is -0.478 e. The normalized spacial score (nSPS) is 12.9. The highest BCUT2D eigenvalue weighted by molar-refractivity contribution is 6.35. The minimum absolute atomic E-state index is 0.0430. The first-order chi connectivity index (χ1) is 28.4. The molecule has 2 aliphatic rings. The van der Waals surface area contributed by atoms with Crippen molar-refractivity contribution in [2.45, 2.75) is 0 Å². The summed E-state index contributed by atoms with van der Waals surface area (Å²) in [5, 5.41) is 23.9. The number of hydrogen-bond donors (Lipinski definition) is 4. The third-order valence-corrected chi connectivity index (χ3v) is 9.54. The number of anilines is 4. The Morgan fingerprint density at radius 1 is 0.441 bits per heavy atom. The Hall–Kier alpha value is -8.72. The molecule has 0 spiro atoms. The largest absolute Gasteiger partial charge is 0.478 e. The van der Waals surface area contributed by atoms with E-state index in [4.69, 9.17) is 4.74 Å². The Balaban J connectivity index is 0.943. The van der Waals surface area contributed by atoms with Crippen LogP contribution in [0.3, 0.4) is 0 Å². The number of amides is 6. The van der Waals surface area contributed by atoms with Gasteiger partial charge in [0.15, 0.2) is 0 Å². The molecular formula is C44H26N4O11. The molecule has 0 saturated carbocycles. The highest BCUT2D eigenvalue weighted by atomic mass is 16.5. The number of carbonyl (C=O) groups excluding carboxylic acids is 6. The van der Waals surface area contributed by atoms with E-state index in [1.807, 2.05) is 0 Å². The van der Waals surface area contributed by atoms with Gasteiger partial charge in [0.1, 0.15) is 11.5 Å². The number of rotatable bonds is 10. The molecule has 0 aliphatic carbocycles. The van der Waals surface area contributed by atoms with E-state index in [0.717, 1.165) is 9.80 Å². The van der Waals surface area contributed by atoms with Crippen molar-refractivity contribution in [1.82, 2.24) is 0 Å². The van der Waals surface area contributed by atoms with Crippen LogP contribution in [-0.4, -0.2) is 57.6 Å². The maximum Gasteiger partial charge on any atom is 0.337 e. The summed E-state index contributed by atoms with van der Waals surface area (Å²) in [6.45, 7) is 0. The van der Waals surface area contributed by atoms with E-state index in [1.54, 1.807) is 12.1 Å². The van der Waals surface area contributed by atoms with Crippen molar-refractivity contribution in [3.05, 3.63) is 178 Å². The van der Waals surface area contributed by atoms with Crippen LogP contribution in [0.4, 0.5) is 22.7 Å². The predicted octanol–water partition coefficient (Wildman–Crippen LogP) is 6.98. The lowest BCUT2D eigenvalue weighted by Gasteiger charge is -2.14. The number of nitrogens with one attached hydrogen (secondary N) is 2. The molecule has 0 saturated heterocycles. The minimum atomic E-state index is -1.21. The first kappa shape index (κ1) is 37.2. The summed E-state index contributed by atoms with van der Waals surface area (Å²) in [4.78, 5) is 104. The number of ether oxygens (including phenoxy) is 1. The number of imide groups is 2. The van der Waals surface area contributed by atoms with Crippen LogP contribution < -0.4 is 25.2 Å². The number of carboxylic acids is 2.